The summed E-state index contributed by atoms with van der Waals surface area (Å²) in [4.78, 5) is 15.7. The topological polar surface area (TPSA) is 138 Å². The summed E-state index contributed by atoms with van der Waals surface area (Å²) in [6.45, 7) is 3.99. The number of benzene rings is 1. The van der Waals surface area contributed by atoms with Gasteiger partial charge in [-0.05, 0) is 18.2 Å². The fourth-order valence-corrected chi connectivity index (χ4v) is 3.86. The minimum Gasteiger partial charge on any atom is -0.398 e. The Morgan fingerprint density at radius 3 is 2.37 bits per heavy atom. The van der Waals surface area contributed by atoms with E-state index in [9.17, 15) is 26.2 Å². The number of amides is 1. The van der Waals surface area contributed by atoms with Crippen LogP contribution >= 0.6 is 0 Å². The van der Waals surface area contributed by atoms with Gasteiger partial charge in [-0.2, -0.15) is 8.42 Å². The molecule has 0 aromatic heterocycles. The molecular formula is C16H23N3O6S2. The van der Waals surface area contributed by atoms with Crippen molar-refractivity contribution in [1.82, 2.24) is 9.80 Å². The number of carbonyl (C=O) groups is 1. The number of sulfone groups is 1. The quantitative estimate of drug-likeness (QED) is 0.495. The molecule has 1 aromatic carbocycles. The number of hydrogen-bond donors (Lipinski definition) is 2. The van der Waals surface area contributed by atoms with Crippen LogP contribution in [0.3, 0.4) is 0 Å². The Morgan fingerprint density at radius 2 is 1.81 bits per heavy atom. The standard InChI is InChI=1S/C16H23N3O6S2/c1-2-26(21,22)11-3-6-18-7-9-19(10-8-18)16(20)13-4-5-14(17)15(12-13)27(23,24)25/h3-5,11-12H,2,6-10,17H2,1H3,(H,23,24,25). The number of nitrogen functional groups attached to an aromatic ring is 1. The van der Waals surface area contributed by atoms with Crippen LogP contribution in [0.5, 0.6) is 0 Å². The number of nitrogens with two attached hydrogens (primary N) is 1. The van der Waals surface area contributed by atoms with Crippen LogP contribution in [0.15, 0.2) is 34.6 Å². The largest absolute Gasteiger partial charge is 0.398 e. The van der Waals surface area contributed by atoms with Gasteiger partial charge in [0.25, 0.3) is 16.0 Å². The molecule has 9 nitrogen and oxygen atoms in total. The van der Waals surface area contributed by atoms with Gasteiger partial charge in [0.1, 0.15) is 4.90 Å². The highest BCUT2D eigenvalue weighted by Gasteiger charge is 2.24. The van der Waals surface area contributed by atoms with Gasteiger partial charge >= 0.3 is 0 Å². The predicted molar refractivity (Wildman–Crippen MR) is 102 cm³/mol. The SMILES string of the molecule is CCS(=O)(=O)C=CCN1CCN(C(=O)c2ccc(N)c(S(=O)(=O)O)c2)CC1. The van der Waals surface area contributed by atoms with Gasteiger partial charge in [-0.15, -0.1) is 0 Å². The Morgan fingerprint density at radius 1 is 1.19 bits per heavy atom. The molecule has 1 amide bonds. The van der Waals surface area contributed by atoms with Gasteiger partial charge < -0.3 is 10.6 Å². The van der Waals surface area contributed by atoms with E-state index in [0.29, 0.717) is 32.7 Å². The zero-order chi connectivity index (χ0) is 20.2. The van der Waals surface area contributed by atoms with Crippen LogP contribution in [0.2, 0.25) is 0 Å². The average Bonchev–Trinajstić information content (AvgIpc) is 2.61. The van der Waals surface area contributed by atoms with E-state index in [2.05, 4.69) is 0 Å². The molecule has 0 saturated carbocycles. The van der Waals surface area contributed by atoms with Crippen molar-refractivity contribution in [2.45, 2.75) is 11.8 Å². The molecule has 1 aromatic rings. The number of piperazine rings is 1. The fraction of sp³-hybridized carbons (Fsp3) is 0.438. The maximum atomic E-state index is 12.6. The monoisotopic (exact) mass is 417 g/mol. The van der Waals surface area contributed by atoms with Crippen LogP contribution in [0.4, 0.5) is 5.69 Å². The summed E-state index contributed by atoms with van der Waals surface area (Å²) in [6, 6.07) is 3.75. The number of hydrogen-bond acceptors (Lipinski definition) is 7. The summed E-state index contributed by atoms with van der Waals surface area (Å²) in [7, 11) is -7.67. The molecule has 0 unspecified atom stereocenters. The molecule has 150 valence electrons. The summed E-state index contributed by atoms with van der Waals surface area (Å²) in [6.07, 6.45) is 1.59. The average molecular weight is 418 g/mol. The molecule has 0 atom stereocenters. The first-order valence-electron chi connectivity index (χ1n) is 8.31. The van der Waals surface area contributed by atoms with E-state index in [-0.39, 0.29) is 22.9 Å². The molecule has 0 radical (unpaired) electrons. The normalized spacial score (nSPS) is 16.7. The second-order valence-corrected chi connectivity index (χ2v) is 9.71. The highest BCUT2D eigenvalue weighted by molar-refractivity contribution is 7.94. The van der Waals surface area contributed by atoms with Crippen LogP contribution in [-0.2, 0) is 20.0 Å². The van der Waals surface area contributed by atoms with Crippen molar-refractivity contribution in [3.05, 3.63) is 35.2 Å². The van der Waals surface area contributed by atoms with Crippen molar-refractivity contribution in [2.24, 2.45) is 0 Å². The first-order chi connectivity index (χ1) is 12.5. The molecule has 0 bridgehead atoms. The van der Waals surface area contributed by atoms with E-state index in [1.807, 2.05) is 4.90 Å². The van der Waals surface area contributed by atoms with E-state index in [1.54, 1.807) is 17.9 Å². The maximum absolute atomic E-state index is 12.6. The molecular weight excluding hydrogens is 394 g/mol. The van der Waals surface area contributed by atoms with Crippen LogP contribution in [0, 0.1) is 0 Å². The van der Waals surface area contributed by atoms with Gasteiger partial charge in [-0.3, -0.25) is 14.2 Å². The van der Waals surface area contributed by atoms with Gasteiger partial charge in [-0.1, -0.05) is 13.0 Å². The van der Waals surface area contributed by atoms with Crippen LogP contribution in [-0.4, -0.2) is 75.6 Å². The Balaban J connectivity index is 1.99. The third-order valence-corrected chi connectivity index (χ3v) is 6.59. The zero-order valence-corrected chi connectivity index (χ0v) is 16.5. The fourth-order valence-electron chi connectivity index (χ4n) is 2.64. The summed E-state index contributed by atoms with van der Waals surface area (Å²) >= 11 is 0. The minimum absolute atomic E-state index is 0.0545. The molecule has 1 saturated heterocycles. The molecule has 0 spiro atoms. The maximum Gasteiger partial charge on any atom is 0.296 e. The Hall–Kier alpha value is -1.95. The van der Waals surface area contributed by atoms with E-state index >= 15 is 0 Å². The molecule has 1 aliphatic rings. The molecule has 3 N–H and O–H groups in total. The highest BCUT2D eigenvalue weighted by atomic mass is 32.2. The molecule has 0 aliphatic carbocycles. The lowest BCUT2D eigenvalue weighted by atomic mass is 10.1. The molecule has 1 heterocycles. The molecule has 2 rings (SSSR count). The third-order valence-electron chi connectivity index (χ3n) is 4.27. The molecule has 11 heteroatoms. The van der Waals surface area contributed by atoms with Crippen LogP contribution in [0.1, 0.15) is 17.3 Å². The molecule has 1 aliphatic heterocycles. The Labute approximate surface area is 159 Å². The summed E-state index contributed by atoms with van der Waals surface area (Å²) in [5.74, 6) is -0.303. The zero-order valence-electron chi connectivity index (χ0n) is 14.9. The number of anilines is 1. The number of nitrogens with zero attached hydrogens (tertiary/aromatic N) is 2. The van der Waals surface area contributed by atoms with Gasteiger partial charge in [-0.25, -0.2) is 8.42 Å². The molecule has 1 fully saturated rings. The number of carbonyl (C=O) groups excluding carboxylic acids is 1. The van der Waals surface area contributed by atoms with Gasteiger partial charge in [0.05, 0.1) is 11.4 Å². The highest BCUT2D eigenvalue weighted by Crippen LogP contribution is 2.21. The molecule has 27 heavy (non-hydrogen) atoms. The van der Waals surface area contributed by atoms with Crippen LogP contribution < -0.4 is 5.73 Å². The van der Waals surface area contributed by atoms with Crippen molar-refractivity contribution in [3.8, 4) is 0 Å². The van der Waals surface area contributed by atoms with Crippen molar-refractivity contribution in [2.75, 3.05) is 44.2 Å². The lowest BCUT2D eigenvalue weighted by Crippen LogP contribution is -2.48. The number of rotatable bonds is 6. The van der Waals surface area contributed by atoms with Gasteiger partial charge in [0.2, 0.25) is 0 Å². The van der Waals surface area contributed by atoms with E-state index in [1.165, 1.54) is 17.5 Å². The van der Waals surface area contributed by atoms with Crippen molar-refractivity contribution in [3.63, 3.8) is 0 Å². The predicted octanol–water partition coefficient (Wildman–Crippen LogP) is 0.222. The van der Waals surface area contributed by atoms with Crippen molar-refractivity contribution < 1.29 is 26.2 Å². The van der Waals surface area contributed by atoms with E-state index in [0.717, 1.165) is 6.07 Å². The van der Waals surface area contributed by atoms with Gasteiger partial charge in [0.15, 0.2) is 9.84 Å². The van der Waals surface area contributed by atoms with Crippen molar-refractivity contribution in [1.29, 1.82) is 0 Å². The lowest BCUT2D eigenvalue weighted by molar-refractivity contribution is 0.0650. The summed E-state index contributed by atoms with van der Waals surface area (Å²) in [5.41, 5.74) is 5.53. The summed E-state index contributed by atoms with van der Waals surface area (Å²) in [5, 5.41) is 1.20. The second kappa shape index (κ2) is 8.38. The van der Waals surface area contributed by atoms with E-state index in [4.69, 9.17) is 5.73 Å². The second-order valence-electron chi connectivity index (χ2n) is 6.14. The smallest absolute Gasteiger partial charge is 0.296 e. The minimum atomic E-state index is -4.51. The van der Waals surface area contributed by atoms with Gasteiger partial charge in [0, 0.05) is 43.7 Å². The van der Waals surface area contributed by atoms with Crippen molar-refractivity contribution >= 4 is 31.5 Å². The Bertz CT molecular complexity index is 933. The first-order valence-corrected chi connectivity index (χ1v) is 11.5. The summed E-state index contributed by atoms with van der Waals surface area (Å²) < 4.78 is 54.7. The van der Waals surface area contributed by atoms with E-state index < -0.39 is 24.9 Å². The van der Waals surface area contributed by atoms with Crippen LogP contribution in [0.25, 0.3) is 0 Å². The first kappa shape index (κ1) is 21.4. The lowest BCUT2D eigenvalue weighted by Gasteiger charge is -2.34. The Kier molecular flexibility index (Phi) is 6.63. The third kappa shape index (κ3) is 5.76.